The van der Waals surface area contributed by atoms with E-state index in [-0.39, 0.29) is 23.2 Å². The molecule has 0 atom stereocenters. The van der Waals surface area contributed by atoms with Gasteiger partial charge in [0.15, 0.2) is 0 Å². The molecule has 31 heavy (non-hydrogen) atoms. The molecule has 0 saturated carbocycles. The lowest BCUT2D eigenvalue weighted by molar-refractivity contribution is -0.127. The molecule has 1 aliphatic rings. The summed E-state index contributed by atoms with van der Waals surface area (Å²) in [6.45, 7) is 10.2. The number of carbonyl (C=O) groups is 1. The number of sulfonamides is 1. The Hall–Kier alpha value is -2.74. The predicted molar refractivity (Wildman–Crippen MR) is 122 cm³/mol. The van der Waals surface area contributed by atoms with Crippen LogP contribution in [0.4, 0.5) is 11.4 Å². The van der Waals surface area contributed by atoms with Crippen LogP contribution in [0.15, 0.2) is 35.2 Å². The van der Waals surface area contributed by atoms with Gasteiger partial charge in [0.25, 0.3) is 10.0 Å². The van der Waals surface area contributed by atoms with Crippen molar-refractivity contribution in [2.75, 3.05) is 29.9 Å². The van der Waals surface area contributed by atoms with Crippen LogP contribution in [0.3, 0.4) is 0 Å². The Bertz CT molecular complexity index is 1110. The van der Waals surface area contributed by atoms with Crippen LogP contribution in [-0.4, -0.2) is 34.6 Å². The third kappa shape index (κ3) is 4.49. The zero-order valence-corrected chi connectivity index (χ0v) is 19.7. The fourth-order valence-electron chi connectivity index (χ4n) is 3.50. The molecule has 0 bridgehead atoms. The average Bonchev–Trinajstić information content (AvgIpc) is 2.79. The van der Waals surface area contributed by atoms with Crippen molar-refractivity contribution in [1.29, 1.82) is 0 Å². The number of methoxy groups -OCH3 is 1. The van der Waals surface area contributed by atoms with Crippen molar-refractivity contribution in [1.82, 2.24) is 0 Å². The number of hydrogen-bond acceptors (Lipinski definition) is 5. The van der Waals surface area contributed by atoms with E-state index in [0.29, 0.717) is 23.7 Å². The molecule has 0 fully saturated rings. The minimum Gasteiger partial charge on any atom is -0.495 e. The minimum absolute atomic E-state index is 0.0519. The molecule has 2 aromatic rings. The molecular formula is C23H30N2O5S. The number of nitrogens with one attached hydrogen (secondary N) is 1. The van der Waals surface area contributed by atoms with Gasteiger partial charge in [-0.3, -0.25) is 9.52 Å². The van der Waals surface area contributed by atoms with Crippen molar-refractivity contribution >= 4 is 27.3 Å². The highest BCUT2D eigenvalue weighted by Crippen LogP contribution is 2.39. The Morgan fingerprint density at radius 1 is 1.16 bits per heavy atom. The van der Waals surface area contributed by atoms with Gasteiger partial charge in [0.2, 0.25) is 5.91 Å². The first-order chi connectivity index (χ1) is 14.5. The molecule has 1 heterocycles. The molecule has 0 radical (unpaired) electrons. The van der Waals surface area contributed by atoms with Crippen LogP contribution < -0.4 is 19.1 Å². The van der Waals surface area contributed by atoms with Crippen molar-refractivity contribution in [2.45, 2.75) is 45.9 Å². The zero-order valence-electron chi connectivity index (χ0n) is 18.9. The lowest BCUT2D eigenvalue weighted by atomic mass is 9.93. The zero-order chi connectivity index (χ0) is 23.0. The van der Waals surface area contributed by atoms with E-state index in [1.54, 1.807) is 35.2 Å². The molecule has 8 heteroatoms. The second-order valence-corrected chi connectivity index (χ2v) is 10.2. The summed E-state index contributed by atoms with van der Waals surface area (Å²) in [5.74, 6) is 0.779. The predicted octanol–water partition coefficient (Wildman–Crippen LogP) is 4.27. The maximum absolute atomic E-state index is 13.2. The summed E-state index contributed by atoms with van der Waals surface area (Å²) < 4.78 is 40.1. The lowest BCUT2D eigenvalue weighted by Gasteiger charge is -2.28. The molecule has 7 nitrogen and oxygen atoms in total. The Morgan fingerprint density at radius 2 is 1.84 bits per heavy atom. The first-order valence-electron chi connectivity index (χ1n) is 10.3. The quantitative estimate of drug-likeness (QED) is 0.716. The van der Waals surface area contributed by atoms with E-state index in [4.69, 9.17) is 9.47 Å². The van der Waals surface area contributed by atoms with Gasteiger partial charge >= 0.3 is 0 Å². The molecule has 0 unspecified atom stereocenters. The summed E-state index contributed by atoms with van der Waals surface area (Å²) in [7, 11) is -2.47. The summed E-state index contributed by atoms with van der Waals surface area (Å²) in [6.07, 6.45) is 0.761. The molecule has 1 aliphatic heterocycles. The van der Waals surface area contributed by atoms with Gasteiger partial charge in [0.1, 0.15) is 23.0 Å². The average molecular weight is 447 g/mol. The lowest BCUT2D eigenvalue weighted by Crippen LogP contribution is -2.42. The number of nitrogens with zero attached hydrogens (tertiary/aromatic N) is 1. The topological polar surface area (TPSA) is 84.9 Å². The van der Waals surface area contributed by atoms with E-state index in [9.17, 15) is 13.2 Å². The largest absolute Gasteiger partial charge is 0.495 e. The normalized spacial score (nSPS) is 15.7. The summed E-state index contributed by atoms with van der Waals surface area (Å²) in [5, 5.41) is 0. The first-order valence-corrected chi connectivity index (χ1v) is 11.8. The Labute approximate surface area is 184 Å². The maximum atomic E-state index is 13.2. The third-order valence-corrected chi connectivity index (χ3v) is 6.83. The molecular weight excluding hydrogens is 416 g/mol. The molecule has 0 saturated heterocycles. The molecule has 3 rings (SSSR count). The van der Waals surface area contributed by atoms with Gasteiger partial charge in [0.05, 0.1) is 23.9 Å². The number of anilines is 2. The van der Waals surface area contributed by atoms with Gasteiger partial charge in [-0.2, -0.15) is 0 Å². The van der Waals surface area contributed by atoms with Gasteiger partial charge in [-0.05, 0) is 75.6 Å². The number of hydrogen-bond donors (Lipinski definition) is 1. The molecule has 168 valence electrons. The van der Waals surface area contributed by atoms with Crippen LogP contribution in [0.25, 0.3) is 0 Å². The first kappa shape index (κ1) is 22.9. The number of benzene rings is 2. The number of aryl methyl sites for hydroxylation is 2. The van der Waals surface area contributed by atoms with Crippen LogP contribution in [0, 0.1) is 19.3 Å². The molecule has 1 amide bonds. The van der Waals surface area contributed by atoms with Gasteiger partial charge in [-0.1, -0.05) is 6.92 Å². The van der Waals surface area contributed by atoms with E-state index in [1.807, 2.05) is 34.6 Å². The van der Waals surface area contributed by atoms with Crippen LogP contribution in [0.2, 0.25) is 0 Å². The SMILES string of the molecule is CCCN1C(=O)C(C)(C)COc2ccc(NS(=O)(=O)c3cc(C)c(C)cc3OC)cc21. The van der Waals surface area contributed by atoms with Gasteiger partial charge in [0, 0.05) is 6.54 Å². The van der Waals surface area contributed by atoms with Crippen molar-refractivity contribution in [3.05, 3.63) is 41.5 Å². The second-order valence-electron chi connectivity index (χ2n) is 8.50. The van der Waals surface area contributed by atoms with E-state index < -0.39 is 15.4 Å². The van der Waals surface area contributed by atoms with Gasteiger partial charge in [-0.25, -0.2) is 8.42 Å². The van der Waals surface area contributed by atoms with Crippen molar-refractivity contribution < 1.29 is 22.7 Å². The highest BCUT2D eigenvalue weighted by molar-refractivity contribution is 7.92. The highest BCUT2D eigenvalue weighted by Gasteiger charge is 2.37. The van der Waals surface area contributed by atoms with Crippen molar-refractivity contribution in [2.24, 2.45) is 5.41 Å². The molecule has 0 aliphatic carbocycles. The fourth-order valence-corrected chi connectivity index (χ4v) is 4.78. The second kappa shape index (κ2) is 8.42. The number of fused-ring (bicyclic) bond motifs is 1. The fraction of sp³-hybridized carbons (Fsp3) is 0.435. The number of rotatable bonds is 6. The maximum Gasteiger partial charge on any atom is 0.265 e. The third-order valence-electron chi connectivity index (χ3n) is 5.43. The van der Waals surface area contributed by atoms with Gasteiger partial charge < -0.3 is 14.4 Å². The van der Waals surface area contributed by atoms with Gasteiger partial charge in [-0.15, -0.1) is 0 Å². The molecule has 0 spiro atoms. The molecule has 1 N–H and O–H groups in total. The molecule has 0 aromatic heterocycles. The Balaban J connectivity index is 2.03. The molecule has 2 aromatic carbocycles. The number of ether oxygens (including phenoxy) is 2. The smallest absolute Gasteiger partial charge is 0.265 e. The Morgan fingerprint density at radius 3 is 2.48 bits per heavy atom. The summed E-state index contributed by atoms with van der Waals surface area (Å²) in [6, 6.07) is 8.28. The van der Waals surface area contributed by atoms with E-state index in [1.165, 1.54) is 7.11 Å². The van der Waals surface area contributed by atoms with E-state index in [0.717, 1.165) is 17.5 Å². The van der Waals surface area contributed by atoms with Crippen LogP contribution in [0.5, 0.6) is 11.5 Å². The van der Waals surface area contributed by atoms with E-state index in [2.05, 4.69) is 4.72 Å². The summed E-state index contributed by atoms with van der Waals surface area (Å²) in [4.78, 5) is 14.8. The van der Waals surface area contributed by atoms with Crippen molar-refractivity contribution in [3.8, 4) is 11.5 Å². The van der Waals surface area contributed by atoms with Crippen LogP contribution >= 0.6 is 0 Å². The Kier molecular flexibility index (Phi) is 6.23. The summed E-state index contributed by atoms with van der Waals surface area (Å²) >= 11 is 0. The summed E-state index contributed by atoms with van der Waals surface area (Å²) in [5.41, 5.74) is 2.01. The number of amides is 1. The van der Waals surface area contributed by atoms with Crippen LogP contribution in [0.1, 0.15) is 38.3 Å². The monoisotopic (exact) mass is 446 g/mol. The number of carbonyl (C=O) groups excluding carboxylic acids is 1. The minimum atomic E-state index is -3.92. The standard InChI is InChI=1S/C23H30N2O5S/c1-7-10-25-18-13-17(8-9-19(18)30-14-23(4,5)22(25)26)24-31(27,28)21-12-16(3)15(2)11-20(21)29-6/h8-9,11-13,24H,7,10,14H2,1-6H3. The van der Waals surface area contributed by atoms with Crippen LogP contribution in [-0.2, 0) is 14.8 Å². The highest BCUT2D eigenvalue weighted by atomic mass is 32.2. The van der Waals surface area contributed by atoms with Crippen molar-refractivity contribution in [3.63, 3.8) is 0 Å². The van der Waals surface area contributed by atoms with E-state index >= 15 is 0 Å².